The maximum atomic E-state index is 13.2. The van der Waals surface area contributed by atoms with Gasteiger partial charge in [0, 0.05) is 24.8 Å². The zero-order valence-corrected chi connectivity index (χ0v) is 15.8. The lowest BCUT2D eigenvalue weighted by atomic mass is 9.94. The van der Waals surface area contributed by atoms with Gasteiger partial charge in [-0.1, -0.05) is 0 Å². The van der Waals surface area contributed by atoms with E-state index in [1.165, 1.54) is 29.9 Å². The van der Waals surface area contributed by atoms with E-state index in [9.17, 15) is 4.79 Å². The van der Waals surface area contributed by atoms with E-state index in [1.54, 1.807) is 6.26 Å². The van der Waals surface area contributed by atoms with Crippen LogP contribution in [0.25, 0.3) is 22.3 Å². The van der Waals surface area contributed by atoms with Gasteiger partial charge in [0.15, 0.2) is 22.4 Å². The van der Waals surface area contributed by atoms with Gasteiger partial charge in [-0.3, -0.25) is 4.79 Å². The number of carbonyl (C=O) groups excluding carboxylic acids is 1. The first-order chi connectivity index (χ1) is 13.3. The van der Waals surface area contributed by atoms with Crippen LogP contribution in [0.5, 0.6) is 0 Å². The van der Waals surface area contributed by atoms with Crippen LogP contribution in [0.15, 0.2) is 22.8 Å². The fraction of sp³-hybridized carbons (Fsp3) is 0.450. The minimum atomic E-state index is -0.00873. The first-order valence-corrected chi connectivity index (χ1v) is 10.4. The molecule has 7 heteroatoms. The molecule has 0 unspecified atom stereocenters. The zero-order chi connectivity index (χ0) is 18.2. The molecule has 0 spiro atoms. The Morgan fingerprint density at radius 1 is 1.19 bits per heavy atom. The highest BCUT2D eigenvalue weighted by Gasteiger charge is 2.30. The first kappa shape index (κ1) is 16.9. The molecule has 3 aromatic rings. The third kappa shape index (κ3) is 3.15. The molecule has 0 saturated carbocycles. The molecule has 1 aliphatic carbocycles. The van der Waals surface area contributed by atoms with Crippen molar-refractivity contribution in [2.24, 2.45) is 5.92 Å². The normalized spacial score (nSPS) is 17.8. The van der Waals surface area contributed by atoms with Crippen LogP contribution in [0, 0.1) is 5.92 Å². The van der Waals surface area contributed by atoms with Crippen LogP contribution >= 0.6 is 11.3 Å². The molecular weight excluding hydrogens is 362 g/mol. The first-order valence-electron chi connectivity index (χ1n) is 9.54. The summed E-state index contributed by atoms with van der Waals surface area (Å²) < 4.78 is 11.0. The summed E-state index contributed by atoms with van der Waals surface area (Å²) in [5.74, 6) is 1.53. The number of carbonyl (C=O) groups is 1. The Balaban J connectivity index is 1.55. The lowest BCUT2D eigenvalue weighted by molar-refractivity contribution is 0.0547. The molecule has 1 aliphatic heterocycles. The van der Waals surface area contributed by atoms with Gasteiger partial charge in [-0.25, -0.2) is 9.97 Å². The Morgan fingerprint density at radius 3 is 2.81 bits per heavy atom. The highest BCUT2D eigenvalue weighted by molar-refractivity contribution is 7.17. The van der Waals surface area contributed by atoms with Crippen molar-refractivity contribution in [1.82, 2.24) is 15.0 Å². The quantitative estimate of drug-likeness (QED) is 0.680. The standard InChI is InChI=1S/C20H21N3O3S/c24-17(12-7-10-25-11-8-12)18-16(15-6-3-9-26-15)23-20(27-18)19-21-13-4-1-2-5-14(13)22-19/h3,6,9,12H,1-2,4-5,7-8,10-11H2,(H,21,22). The smallest absolute Gasteiger partial charge is 0.178 e. The number of thiazole rings is 1. The molecular formula is C20H21N3O3S. The van der Waals surface area contributed by atoms with Crippen molar-refractivity contribution < 1.29 is 13.9 Å². The van der Waals surface area contributed by atoms with Crippen LogP contribution in [-0.4, -0.2) is 33.9 Å². The number of aromatic amines is 1. The third-order valence-electron chi connectivity index (χ3n) is 5.35. The van der Waals surface area contributed by atoms with E-state index in [4.69, 9.17) is 19.1 Å². The number of ketones is 1. The molecule has 0 radical (unpaired) electrons. The third-order valence-corrected chi connectivity index (χ3v) is 6.43. The second-order valence-corrected chi connectivity index (χ2v) is 8.14. The Bertz CT molecular complexity index is 928. The van der Waals surface area contributed by atoms with Gasteiger partial charge in [0.2, 0.25) is 0 Å². The summed E-state index contributed by atoms with van der Waals surface area (Å²) in [7, 11) is 0. The number of H-pyrrole nitrogens is 1. The predicted molar refractivity (Wildman–Crippen MR) is 102 cm³/mol. The number of fused-ring (bicyclic) bond motifs is 1. The van der Waals surface area contributed by atoms with Crippen molar-refractivity contribution in [2.45, 2.75) is 38.5 Å². The molecule has 1 saturated heterocycles. The molecule has 140 valence electrons. The molecule has 4 heterocycles. The number of hydrogen-bond donors (Lipinski definition) is 1. The summed E-state index contributed by atoms with van der Waals surface area (Å²) in [5, 5.41) is 0.756. The second kappa shape index (κ2) is 7.05. The average Bonchev–Trinajstić information content (AvgIpc) is 3.46. The molecule has 1 fully saturated rings. The molecule has 3 aromatic heterocycles. The van der Waals surface area contributed by atoms with Gasteiger partial charge in [-0.2, -0.15) is 0 Å². The zero-order valence-electron chi connectivity index (χ0n) is 15.0. The summed E-state index contributed by atoms with van der Waals surface area (Å²) >= 11 is 1.42. The maximum Gasteiger partial charge on any atom is 0.178 e. The SMILES string of the molecule is O=C(c1sc(-c2nc3c([nH]2)CCCC3)nc1-c1ccco1)C1CCOCC1. The van der Waals surface area contributed by atoms with Crippen LogP contribution in [0.2, 0.25) is 0 Å². The van der Waals surface area contributed by atoms with Gasteiger partial charge in [0.1, 0.15) is 10.6 Å². The Labute approximate surface area is 161 Å². The van der Waals surface area contributed by atoms with E-state index in [0.717, 1.165) is 42.2 Å². The van der Waals surface area contributed by atoms with Gasteiger partial charge in [0.25, 0.3) is 0 Å². The fourth-order valence-electron chi connectivity index (χ4n) is 3.87. The number of imidazole rings is 1. The van der Waals surface area contributed by atoms with Gasteiger partial charge < -0.3 is 14.1 Å². The van der Waals surface area contributed by atoms with Crippen LogP contribution in [0.4, 0.5) is 0 Å². The number of furan rings is 1. The van der Waals surface area contributed by atoms with Gasteiger partial charge in [-0.05, 0) is 50.7 Å². The number of rotatable bonds is 4. The summed E-state index contributed by atoms with van der Waals surface area (Å²) in [6, 6.07) is 3.68. The van der Waals surface area contributed by atoms with Crippen molar-refractivity contribution in [2.75, 3.05) is 13.2 Å². The van der Waals surface area contributed by atoms with E-state index in [-0.39, 0.29) is 11.7 Å². The van der Waals surface area contributed by atoms with E-state index in [0.29, 0.717) is 29.5 Å². The number of Topliss-reactive ketones (excluding diaryl/α,β-unsaturated/α-hetero) is 1. The van der Waals surface area contributed by atoms with Gasteiger partial charge in [0.05, 0.1) is 12.0 Å². The molecule has 0 bridgehead atoms. The largest absolute Gasteiger partial charge is 0.463 e. The highest BCUT2D eigenvalue weighted by Crippen LogP contribution is 2.36. The molecule has 5 rings (SSSR count). The lowest BCUT2D eigenvalue weighted by Gasteiger charge is -2.20. The summed E-state index contributed by atoms with van der Waals surface area (Å²) in [5.41, 5.74) is 2.98. The number of aromatic nitrogens is 3. The minimum Gasteiger partial charge on any atom is -0.463 e. The van der Waals surface area contributed by atoms with Crippen LogP contribution in [0.1, 0.15) is 46.7 Å². The highest BCUT2D eigenvalue weighted by atomic mass is 32.1. The van der Waals surface area contributed by atoms with Crippen molar-refractivity contribution in [3.05, 3.63) is 34.7 Å². The summed E-state index contributed by atoms with van der Waals surface area (Å²) in [6.45, 7) is 1.28. The lowest BCUT2D eigenvalue weighted by Crippen LogP contribution is -2.23. The van der Waals surface area contributed by atoms with E-state index in [1.807, 2.05) is 12.1 Å². The molecule has 1 N–H and O–H groups in total. The Hall–Kier alpha value is -2.25. The molecule has 0 atom stereocenters. The average molecular weight is 383 g/mol. The van der Waals surface area contributed by atoms with E-state index >= 15 is 0 Å². The number of nitrogens with zero attached hydrogens (tertiary/aromatic N) is 2. The Kier molecular flexibility index (Phi) is 4.41. The molecule has 27 heavy (non-hydrogen) atoms. The number of aryl methyl sites for hydroxylation is 2. The molecule has 0 aromatic carbocycles. The number of nitrogens with one attached hydrogen (secondary N) is 1. The molecule has 0 amide bonds. The van der Waals surface area contributed by atoms with Crippen molar-refractivity contribution in [1.29, 1.82) is 0 Å². The second-order valence-electron chi connectivity index (χ2n) is 7.14. The summed E-state index contributed by atoms with van der Waals surface area (Å²) in [6.07, 6.45) is 7.56. The van der Waals surface area contributed by atoms with Crippen molar-refractivity contribution in [3.63, 3.8) is 0 Å². The van der Waals surface area contributed by atoms with Crippen molar-refractivity contribution >= 4 is 17.1 Å². The number of hydrogen-bond acceptors (Lipinski definition) is 6. The van der Waals surface area contributed by atoms with Crippen LogP contribution < -0.4 is 0 Å². The van der Waals surface area contributed by atoms with Gasteiger partial charge >= 0.3 is 0 Å². The summed E-state index contributed by atoms with van der Waals surface area (Å²) in [4.78, 5) is 26.8. The topological polar surface area (TPSA) is 81.0 Å². The monoisotopic (exact) mass is 383 g/mol. The fourth-order valence-corrected chi connectivity index (χ4v) is 4.90. The van der Waals surface area contributed by atoms with Gasteiger partial charge in [-0.15, -0.1) is 11.3 Å². The molecule has 6 nitrogen and oxygen atoms in total. The van der Waals surface area contributed by atoms with E-state index < -0.39 is 0 Å². The number of ether oxygens (including phenoxy) is 1. The maximum absolute atomic E-state index is 13.2. The minimum absolute atomic E-state index is 0.00873. The predicted octanol–water partition coefficient (Wildman–Crippen LogP) is 4.28. The molecule has 2 aliphatic rings. The Morgan fingerprint density at radius 2 is 2.04 bits per heavy atom. The van der Waals surface area contributed by atoms with Crippen molar-refractivity contribution in [3.8, 4) is 22.3 Å². The van der Waals surface area contributed by atoms with E-state index in [2.05, 4.69) is 4.98 Å². The van der Waals surface area contributed by atoms with Crippen LogP contribution in [0.3, 0.4) is 0 Å². The van der Waals surface area contributed by atoms with Crippen LogP contribution in [-0.2, 0) is 17.6 Å².